The van der Waals surface area contributed by atoms with Crippen molar-refractivity contribution in [3.8, 4) is 6.07 Å². The second-order valence-corrected chi connectivity index (χ2v) is 5.41. The van der Waals surface area contributed by atoms with Gasteiger partial charge in [-0.25, -0.2) is 0 Å². The first-order valence-electron chi connectivity index (χ1n) is 6.80. The van der Waals surface area contributed by atoms with Crippen LogP contribution in [0.2, 0.25) is 0 Å². The first-order chi connectivity index (χ1) is 8.80. The van der Waals surface area contributed by atoms with E-state index >= 15 is 0 Å². The summed E-state index contributed by atoms with van der Waals surface area (Å²) in [5, 5.41) is 8.93. The molecule has 0 radical (unpaired) electrons. The quantitative estimate of drug-likeness (QED) is 0.840. The van der Waals surface area contributed by atoms with Crippen LogP contribution in [0.3, 0.4) is 0 Å². The fourth-order valence-corrected chi connectivity index (χ4v) is 2.46. The standard InChI is InChI=1S/C13H22F3N3/c1-2-12(18,10-17)6-4-8-19-7-3-5-11(9-19)13(14,15)16/h11H,2-9,18H2,1H3. The highest BCUT2D eigenvalue weighted by Gasteiger charge is 2.41. The van der Waals surface area contributed by atoms with Crippen LogP contribution >= 0.6 is 0 Å². The zero-order valence-corrected chi connectivity index (χ0v) is 11.3. The second kappa shape index (κ2) is 6.58. The van der Waals surface area contributed by atoms with E-state index in [1.165, 1.54) is 0 Å². The Balaban J connectivity index is 2.36. The third kappa shape index (κ3) is 5.00. The molecule has 0 aromatic carbocycles. The van der Waals surface area contributed by atoms with Gasteiger partial charge < -0.3 is 10.6 Å². The van der Waals surface area contributed by atoms with Crippen LogP contribution in [-0.2, 0) is 0 Å². The molecule has 0 aliphatic carbocycles. The molecule has 1 saturated heterocycles. The number of alkyl halides is 3. The van der Waals surface area contributed by atoms with Crippen molar-refractivity contribution < 1.29 is 13.2 Å². The van der Waals surface area contributed by atoms with Crippen LogP contribution in [0.4, 0.5) is 13.2 Å². The minimum atomic E-state index is -4.09. The molecule has 2 unspecified atom stereocenters. The summed E-state index contributed by atoms with van der Waals surface area (Å²) < 4.78 is 37.9. The van der Waals surface area contributed by atoms with E-state index in [1.807, 2.05) is 11.8 Å². The summed E-state index contributed by atoms with van der Waals surface area (Å²) in [5.74, 6) is -1.20. The van der Waals surface area contributed by atoms with Gasteiger partial charge in [0.15, 0.2) is 0 Å². The number of hydrogen-bond donors (Lipinski definition) is 1. The molecule has 0 amide bonds. The molecule has 3 nitrogen and oxygen atoms in total. The highest BCUT2D eigenvalue weighted by Crippen LogP contribution is 2.33. The minimum absolute atomic E-state index is 0.0831. The Hall–Kier alpha value is -0.800. The summed E-state index contributed by atoms with van der Waals surface area (Å²) in [6.45, 7) is 3.24. The number of likely N-dealkylation sites (tertiary alicyclic amines) is 1. The fourth-order valence-electron chi connectivity index (χ4n) is 2.46. The molecular weight excluding hydrogens is 255 g/mol. The molecule has 19 heavy (non-hydrogen) atoms. The van der Waals surface area contributed by atoms with E-state index < -0.39 is 17.6 Å². The number of nitriles is 1. The van der Waals surface area contributed by atoms with E-state index in [-0.39, 0.29) is 13.0 Å². The van der Waals surface area contributed by atoms with E-state index in [4.69, 9.17) is 11.0 Å². The van der Waals surface area contributed by atoms with Gasteiger partial charge in [-0.3, -0.25) is 0 Å². The molecule has 110 valence electrons. The van der Waals surface area contributed by atoms with Gasteiger partial charge in [0.1, 0.15) is 5.54 Å². The Labute approximate surface area is 112 Å². The first kappa shape index (κ1) is 16.3. The molecule has 1 aliphatic rings. The predicted molar refractivity (Wildman–Crippen MR) is 67.3 cm³/mol. The van der Waals surface area contributed by atoms with Crippen molar-refractivity contribution in [2.45, 2.75) is 50.7 Å². The van der Waals surface area contributed by atoms with Crippen molar-refractivity contribution in [1.82, 2.24) is 4.90 Å². The number of nitrogens with zero attached hydrogens (tertiary/aromatic N) is 2. The second-order valence-electron chi connectivity index (χ2n) is 5.41. The highest BCUT2D eigenvalue weighted by molar-refractivity contribution is 5.03. The summed E-state index contributed by atoms with van der Waals surface area (Å²) in [4.78, 5) is 1.84. The fraction of sp³-hybridized carbons (Fsp3) is 0.923. The maximum Gasteiger partial charge on any atom is 0.393 e. The van der Waals surface area contributed by atoms with Gasteiger partial charge in [-0.2, -0.15) is 18.4 Å². The lowest BCUT2D eigenvalue weighted by Crippen LogP contribution is -2.43. The van der Waals surface area contributed by atoms with Gasteiger partial charge in [-0.15, -0.1) is 0 Å². The minimum Gasteiger partial charge on any atom is -0.313 e. The van der Waals surface area contributed by atoms with Crippen LogP contribution in [0, 0.1) is 17.2 Å². The van der Waals surface area contributed by atoms with Gasteiger partial charge in [0.2, 0.25) is 0 Å². The van der Waals surface area contributed by atoms with Crippen molar-refractivity contribution in [2.75, 3.05) is 19.6 Å². The lowest BCUT2D eigenvalue weighted by Gasteiger charge is -2.34. The van der Waals surface area contributed by atoms with Gasteiger partial charge in [-0.1, -0.05) is 6.92 Å². The third-order valence-electron chi connectivity index (χ3n) is 3.92. The molecule has 1 heterocycles. The lowest BCUT2D eigenvalue weighted by molar-refractivity contribution is -0.186. The van der Waals surface area contributed by atoms with Crippen LogP contribution in [0.1, 0.15) is 39.0 Å². The Morgan fingerprint density at radius 2 is 2.11 bits per heavy atom. The Morgan fingerprint density at radius 1 is 1.42 bits per heavy atom. The summed E-state index contributed by atoms with van der Waals surface area (Å²) in [6.07, 6.45) is -1.51. The number of rotatable bonds is 5. The molecule has 0 saturated carbocycles. The molecule has 0 aromatic heterocycles. The van der Waals surface area contributed by atoms with Gasteiger partial charge in [0, 0.05) is 6.54 Å². The summed E-state index contributed by atoms with van der Waals surface area (Å²) in [7, 11) is 0. The molecule has 2 N–H and O–H groups in total. The number of piperidine rings is 1. The van der Waals surface area contributed by atoms with Crippen molar-refractivity contribution in [3.05, 3.63) is 0 Å². The predicted octanol–water partition coefficient (Wildman–Crippen LogP) is 2.67. The molecule has 6 heteroatoms. The zero-order chi connectivity index (χ0) is 14.5. The number of halogens is 3. The Kier molecular flexibility index (Phi) is 5.63. The molecule has 0 bridgehead atoms. The van der Waals surface area contributed by atoms with Crippen LogP contribution in [0.5, 0.6) is 0 Å². The molecule has 1 fully saturated rings. The lowest BCUT2D eigenvalue weighted by atomic mass is 9.92. The maximum absolute atomic E-state index is 12.6. The van der Waals surface area contributed by atoms with Crippen LogP contribution in [0.15, 0.2) is 0 Å². The largest absolute Gasteiger partial charge is 0.393 e. The third-order valence-corrected chi connectivity index (χ3v) is 3.92. The average molecular weight is 277 g/mol. The summed E-state index contributed by atoms with van der Waals surface area (Å²) in [6, 6.07) is 2.08. The van der Waals surface area contributed by atoms with E-state index in [0.717, 1.165) is 0 Å². The zero-order valence-electron chi connectivity index (χ0n) is 11.3. The number of nitrogens with two attached hydrogens (primary N) is 1. The van der Waals surface area contributed by atoms with Gasteiger partial charge in [-0.05, 0) is 45.2 Å². The van der Waals surface area contributed by atoms with Crippen molar-refractivity contribution >= 4 is 0 Å². The summed E-state index contributed by atoms with van der Waals surface area (Å²) >= 11 is 0. The van der Waals surface area contributed by atoms with Crippen LogP contribution < -0.4 is 5.73 Å². The van der Waals surface area contributed by atoms with Gasteiger partial charge >= 0.3 is 6.18 Å². The molecule has 1 aliphatic heterocycles. The van der Waals surface area contributed by atoms with Crippen LogP contribution in [-0.4, -0.2) is 36.2 Å². The Bertz CT molecular complexity index is 324. The van der Waals surface area contributed by atoms with Crippen LogP contribution in [0.25, 0.3) is 0 Å². The molecule has 0 aromatic rings. The smallest absolute Gasteiger partial charge is 0.313 e. The summed E-state index contributed by atoms with van der Waals surface area (Å²) in [5.41, 5.74) is 5.02. The molecule has 2 atom stereocenters. The van der Waals surface area contributed by atoms with Gasteiger partial charge in [0.05, 0.1) is 12.0 Å². The van der Waals surface area contributed by atoms with Crippen molar-refractivity contribution in [2.24, 2.45) is 11.7 Å². The monoisotopic (exact) mass is 277 g/mol. The Morgan fingerprint density at radius 3 is 2.63 bits per heavy atom. The highest BCUT2D eigenvalue weighted by atomic mass is 19.4. The maximum atomic E-state index is 12.6. The van der Waals surface area contributed by atoms with E-state index in [9.17, 15) is 13.2 Å². The van der Waals surface area contributed by atoms with Crippen molar-refractivity contribution in [1.29, 1.82) is 5.26 Å². The van der Waals surface area contributed by atoms with Gasteiger partial charge in [0.25, 0.3) is 0 Å². The van der Waals surface area contributed by atoms with E-state index in [1.54, 1.807) is 0 Å². The normalized spacial score (nSPS) is 24.7. The van der Waals surface area contributed by atoms with Crippen molar-refractivity contribution in [3.63, 3.8) is 0 Å². The molecular formula is C13H22F3N3. The topological polar surface area (TPSA) is 53.1 Å². The van der Waals surface area contributed by atoms with E-state index in [0.29, 0.717) is 38.8 Å². The molecule has 1 rings (SSSR count). The number of hydrogen-bond acceptors (Lipinski definition) is 3. The molecule has 0 spiro atoms. The van der Waals surface area contributed by atoms with E-state index in [2.05, 4.69) is 6.07 Å². The SMILES string of the molecule is CCC(N)(C#N)CCCN1CCCC(C(F)(F)F)C1. The average Bonchev–Trinajstić information content (AvgIpc) is 2.38. The first-order valence-corrected chi connectivity index (χ1v) is 6.80.